The van der Waals surface area contributed by atoms with E-state index in [-0.39, 0.29) is 5.91 Å². The summed E-state index contributed by atoms with van der Waals surface area (Å²) in [6.45, 7) is 0.919. The largest absolute Gasteiger partial charge is 0.306 e. The van der Waals surface area contributed by atoms with Crippen molar-refractivity contribution in [3.8, 4) is 0 Å². The summed E-state index contributed by atoms with van der Waals surface area (Å²) in [6, 6.07) is 0. The Hall–Kier alpha value is -0.860. The van der Waals surface area contributed by atoms with E-state index in [1.807, 2.05) is 0 Å². The van der Waals surface area contributed by atoms with Crippen molar-refractivity contribution in [2.75, 3.05) is 13.6 Å². The van der Waals surface area contributed by atoms with Gasteiger partial charge in [-0.25, -0.2) is 0 Å². The van der Waals surface area contributed by atoms with Crippen LogP contribution in [-0.2, 0) is 4.79 Å². The van der Waals surface area contributed by atoms with Crippen molar-refractivity contribution in [1.29, 1.82) is 0 Å². The molecule has 1 heterocycles. The maximum Gasteiger partial charge on any atom is 0.227 e. The molecule has 2 rings (SSSR count). The van der Waals surface area contributed by atoms with Gasteiger partial charge in [-0.3, -0.25) is 9.79 Å². The average molecular weight is 152 g/mol. The monoisotopic (exact) mass is 152 g/mol. The quantitative estimate of drug-likeness (QED) is 0.498. The molecule has 60 valence electrons. The summed E-state index contributed by atoms with van der Waals surface area (Å²) in [5.41, 5.74) is 0. The van der Waals surface area contributed by atoms with Crippen LogP contribution in [0.2, 0.25) is 0 Å². The fraction of sp³-hybridized carbons (Fsp3) is 0.750. The van der Waals surface area contributed by atoms with Crippen LogP contribution in [-0.4, -0.2) is 30.7 Å². The number of aliphatic imine (C=N–C) groups is 1. The van der Waals surface area contributed by atoms with E-state index in [0.717, 1.165) is 13.0 Å². The summed E-state index contributed by atoms with van der Waals surface area (Å²) < 4.78 is 0. The maximum absolute atomic E-state index is 11.2. The number of carbonyl (C=O) groups excluding carboxylic acids is 1. The molecule has 3 heteroatoms. The Labute approximate surface area is 66.1 Å². The van der Waals surface area contributed by atoms with Gasteiger partial charge in [0.15, 0.2) is 0 Å². The summed E-state index contributed by atoms with van der Waals surface area (Å²) in [7, 11) is 1.77. The molecule has 11 heavy (non-hydrogen) atoms. The molecule has 2 atom stereocenters. The summed E-state index contributed by atoms with van der Waals surface area (Å²) in [6.07, 6.45) is 3.58. The van der Waals surface area contributed by atoms with Crippen LogP contribution in [0.4, 0.5) is 0 Å². The van der Waals surface area contributed by atoms with E-state index in [2.05, 4.69) is 4.99 Å². The van der Waals surface area contributed by atoms with Crippen LogP contribution >= 0.6 is 0 Å². The fourth-order valence-corrected chi connectivity index (χ4v) is 1.52. The van der Waals surface area contributed by atoms with E-state index >= 15 is 0 Å². The van der Waals surface area contributed by atoms with Crippen molar-refractivity contribution in [2.45, 2.75) is 12.8 Å². The molecule has 1 aliphatic carbocycles. The molecule has 1 aliphatic heterocycles. The first-order valence-electron chi connectivity index (χ1n) is 4.03. The Bertz CT molecular complexity index is 212. The van der Waals surface area contributed by atoms with Crippen molar-refractivity contribution < 1.29 is 4.79 Å². The van der Waals surface area contributed by atoms with Crippen molar-refractivity contribution >= 4 is 12.2 Å². The number of amides is 1. The van der Waals surface area contributed by atoms with Gasteiger partial charge in [0.05, 0.1) is 6.34 Å². The first-order chi connectivity index (χ1) is 5.27. The molecule has 0 aromatic heterocycles. The number of hydrogen-bond acceptors (Lipinski definition) is 2. The van der Waals surface area contributed by atoms with E-state index in [1.54, 1.807) is 18.3 Å². The van der Waals surface area contributed by atoms with Gasteiger partial charge in [-0.05, 0) is 18.3 Å². The topological polar surface area (TPSA) is 32.7 Å². The van der Waals surface area contributed by atoms with Gasteiger partial charge in [0.25, 0.3) is 0 Å². The highest BCUT2D eigenvalue weighted by molar-refractivity contribution is 5.87. The molecule has 2 aliphatic rings. The third-order valence-corrected chi connectivity index (χ3v) is 2.49. The lowest BCUT2D eigenvalue weighted by atomic mass is 10.2. The van der Waals surface area contributed by atoms with Gasteiger partial charge in [-0.2, -0.15) is 0 Å². The molecule has 0 N–H and O–H groups in total. The Morgan fingerprint density at radius 1 is 1.64 bits per heavy atom. The lowest BCUT2D eigenvalue weighted by Crippen LogP contribution is -2.26. The van der Waals surface area contributed by atoms with E-state index in [4.69, 9.17) is 0 Å². The van der Waals surface area contributed by atoms with Gasteiger partial charge in [0.2, 0.25) is 5.91 Å². The van der Waals surface area contributed by atoms with E-state index in [0.29, 0.717) is 11.8 Å². The highest BCUT2D eigenvalue weighted by atomic mass is 16.2. The van der Waals surface area contributed by atoms with Gasteiger partial charge < -0.3 is 4.90 Å². The summed E-state index contributed by atoms with van der Waals surface area (Å²) in [5, 5.41) is 0. The highest BCUT2D eigenvalue weighted by Gasteiger charge is 2.39. The molecule has 0 bridgehead atoms. The third-order valence-electron chi connectivity index (χ3n) is 2.49. The lowest BCUT2D eigenvalue weighted by Gasteiger charge is -2.12. The van der Waals surface area contributed by atoms with Crippen LogP contribution in [0, 0.1) is 11.8 Å². The molecule has 0 spiro atoms. The van der Waals surface area contributed by atoms with Gasteiger partial charge in [0, 0.05) is 20.0 Å². The van der Waals surface area contributed by atoms with Crippen LogP contribution < -0.4 is 0 Å². The van der Waals surface area contributed by atoms with Crippen molar-refractivity contribution in [1.82, 2.24) is 4.90 Å². The Balaban J connectivity index is 2.08. The normalized spacial score (nSPS) is 39.0. The molecule has 1 saturated carbocycles. The van der Waals surface area contributed by atoms with Crippen LogP contribution in [0.25, 0.3) is 0 Å². The summed E-state index contributed by atoms with van der Waals surface area (Å²) in [5.74, 6) is 1.56. The molecule has 2 unspecified atom stereocenters. The first-order valence-corrected chi connectivity index (χ1v) is 4.03. The number of rotatable bonds is 0. The second kappa shape index (κ2) is 2.32. The van der Waals surface area contributed by atoms with Gasteiger partial charge in [-0.1, -0.05) is 0 Å². The molecular weight excluding hydrogens is 140 g/mol. The average Bonchev–Trinajstić information content (AvgIpc) is 2.65. The molecular formula is C8H12N2O. The molecule has 0 aromatic rings. The second-order valence-corrected chi connectivity index (χ2v) is 3.45. The molecule has 0 radical (unpaired) electrons. The van der Waals surface area contributed by atoms with Gasteiger partial charge in [-0.15, -0.1) is 0 Å². The van der Waals surface area contributed by atoms with E-state index in [9.17, 15) is 4.79 Å². The fourth-order valence-electron chi connectivity index (χ4n) is 1.52. The van der Waals surface area contributed by atoms with Crippen LogP contribution in [0.5, 0.6) is 0 Å². The molecule has 0 saturated heterocycles. The highest BCUT2D eigenvalue weighted by Crippen LogP contribution is 2.42. The number of nitrogens with zero attached hydrogens (tertiary/aromatic N) is 2. The Morgan fingerprint density at radius 2 is 2.45 bits per heavy atom. The first kappa shape index (κ1) is 6.83. The summed E-state index contributed by atoms with van der Waals surface area (Å²) in [4.78, 5) is 17.0. The van der Waals surface area contributed by atoms with Gasteiger partial charge >= 0.3 is 0 Å². The Kier molecular flexibility index (Phi) is 1.44. The predicted octanol–water partition coefficient (Wildman–Crippen LogP) is 0.513. The van der Waals surface area contributed by atoms with Crippen LogP contribution in [0.15, 0.2) is 4.99 Å². The van der Waals surface area contributed by atoms with E-state index < -0.39 is 0 Å². The second-order valence-electron chi connectivity index (χ2n) is 3.45. The SMILES string of the molecule is CN1/C=N\CC2CC2CC1=O. The van der Waals surface area contributed by atoms with Crippen molar-refractivity contribution in [3.05, 3.63) is 0 Å². The van der Waals surface area contributed by atoms with Crippen LogP contribution in [0.1, 0.15) is 12.8 Å². The maximum atomic E-state index is 11.2. The molecule has 1 amide bonds. The minimum atomic E-state index is 0.209. The Morgan fingerprint density at radius 3 is 3.27 bits per heavy atom. The van der Waals surface area contributed by atoms with E-state index in [1.165, 1.54) is 6.42 Å². The number of carbonyl (C=O) groups is 1. The smallest absolute Gasteiger partial charge is 0.227 e. The van der Waals surface area contributed by atoms with Crippen molar-refractivity contribution in [2.24, 2.45) is 16.8 Å². The van der Waals surface area contributed by atoms with Gasteiger partial charge in [0.1, 0.15) is 0 Å². The minimum absolute atomic E-state index is 0.209. The van der Waals surface area contributed by atoms with Crippen LogP contribution in [0.3, 0.4) is 0 Å². The zero-order valence-electron chi connectivity index (χ0n) is 6.66. The standard InChI is InChI=1S/C8H12N2O/c1-10-5-9-4-7-2-6(7)3-8(10)11/h5-7H,2-4H2,1H3/b9-5-. The minimum Gasteiger partial charge on any atom is -0.306 e. The van der Waals surface area contributed by atoms with Crippen molar-refractivity contribution in [3.63, 3.8) is 0 Å². The number of hydrogen-bond donors (Lipinski definition) is 0. The number of fused-ring (bicyclic) bond motifs is 1. The molecule has 3 nitrogen and oxygen atoms in total. The molecule has 0 aromatic carbocycles. The third kappa shape index (κ3) is 1.27. The lowest BCUT2D eigenvalue weighted by molar-refractivity contribution is -0.126. The predicted molar refractivity (Wildman–Crippen MR) is 42.3 cm³/mol. The molecule has 1 fully saturated rings. The zero-order chi connectivity index (χ0) is 7.84. The zero-order valence-corrected chi connectivity index (χ0v) is 6.66. The summed E-state index contributed by atoms with van der Waals surface area (Å²) >= 11 is 0.